The number of carbonyl (C=O) groups is 1. The Bertz CT molecular complexity index is 270. The molecule has 0 aliphatic carbocycles. The van der Waals surface area contributed by atoms with E-state index in [1.807, 2.05) is 13.8 Å². The molecule has 0 aromatic carbocycles. The minimum Gasteiger partial charge on any atom is -1.00 e. The number of allylic oxidation sites excluding steroid dienone is 1. The number of nitrogens with zero attached hydrogens (tertiary/aromatic N) is 1. The fourth-order valence-electron chi connectivity index (χ4n) is 2.03. The highest BCUT2D eigenvalue weighted by atomic mass is 127. The Morgan fingerprint density at radius 1 is 1.44 bits per heavy atom. The third kappa shape index (κ3) is 5.84. The summed E-state index contributed by atoms with van der Waals surface area (Å²) in [5.41, 5.74) is 0.988. The minimum absolute atomic E-state index is 0. The lowest BCUT2D eigenvalue weighted by molar-refractivity contribution is -0.879. The first-order valence-electron chi connectivity index (χ1n) is 5.53. The van der Waals surface area contributed by atoms with Crippen molar-refractivity contribution in [3.63, 3.8) is 0 Å². The van der Waals surface area contributed by atoms with Gasteiger partial charge in [-0.3, -0.25) is 0 Å². The molecule has 0 amide bonds. The summed E-state index contributed by atoms with van der Waals surface area (Å²) in [5.74, 6) is 0.335. The average Bonchev–Trinajstić information content (AvgIpc) is 2.41. The van der Waals surface area contributed by atoms with Crippen LogP contribution in [-0.2, 0) is 9.53 Å². The van der Waals surface area contributed by atoms with E-state index in [1.165, 1.54) is 6.54 Å². The lowest BCUT2D eigenvalue weighted by atomic mass is 10.1. The van der Waals surface area contributed by atoms with Gasteiger partial charge in [-0.1, -0.05) is 5.57 Å². The predicted molar refractivity (Wildman–Crippen MR) is 60.3 cm³/mol. The van der Waals surface area contributed by atoms with Gasteiger partial charge in [0.05, 0.1) is 27.2 Å². The van der Waals surface area contributed by atoms with E-state index in [9.17, 15) is 4.79 Å². The Hall–Kier alpha value is -0.100. The molecule has 0 aromatic heterocycles. The monoisotopic (exact) mass is 339 g/mol. The molecule has 0 bridgehead atoms. The molecule has 1 heterocycles. The SMILES string of the molecule is CC(C)=CC(=O)OCC1CC[N+](C)(C)C1.[I-]. The average molecular weight is 339 g/mol. The van der Waals surface area contributed by atoms with Crippen LogP contribution < -0.4 is 24.0 Å². The quantitative estimate of drug-likeness (QED) is 0.274. The number of likely N-dealkylation sites (tertiary alicyclic amines) is 1. The van der Waals surface area contributed by atoms with Crippen LogP contribution in [0.2, 0.25) is 0 Å². The Morgan fingerprint density at radius 2 is 2.06 bits per heavy atom. The van der Waals surface area contributed by atoms with Gasteiger partial charge in [-0.05, 0) is 13.8 Å². The molecule has 94 valence electrons. The molecule has 4 heteroatoms. The summed E-state index contributed by atoms with van der Waals surface area (Å²) >= 11 is 0. The second-order valence-electron chi connectivity index (χ2n) is 5.35. The van der Waals surface area contributed by atoms with E-state index >= 15 is 0 Å². The highest BCUT2D eigenvalue weighted by Gasteiger charge is 2.31. The van der Waals surface area contributed by atoms with Gasteiger partial charge in [0.15, 0.2) is 0 Å². The molecule has 0 saturated carbocycles. The zero-order valence-electron chi connectivity index (χ0n) is 10.6. The maximum Gasteiger partial charge on any atom is 0.330 e. The number of hydrogen-bond donors (Lipinski definition) is 0. The summed E-state index contributed by atoms with van der Waals surface area (Å²) < 4.78 is 6.25. The number of esters is 1. The molecule has 0 aromatic rings. The minimum atomic E-state index is -0.202. The van der Waals surface area contributed by atoms with Crippen LogP contribution in [0.5, 0.6) is 0 Å². The van der Waals surface area contributed by atoms with E-state index in [0.717, 1.165) is 23.0 Å². The lowest BCUT2D eigenvalue weighted by Gasteiger charge is -2.23. The normalized spacial score (nSPS) is 22.1. The lowest BCUT2D eigenvalue weighted by Crippen LogP contribution is -3.00. The van der Waals surface area contributed by atoms with Crippen molar-refractivity contribution in [3.05, 3.63) is 11.6 Å². The largest absolute Gasteiger partial charge is 1.00 e. The molecule has 1 atom stereocenters. The third-order valence-corrected chi connectivity index (χ3v) is 2.76. The highest BCUT2D eigenvalue weighted by molar-refractivity contribution is 5.82. The summed E-state index contributed by atoms with van der Waals surface area (Å²) in [6.45, 7) is 6.67. The van der Waals surface area contributed by atoms with E-state index < -0.39 is 0 Å². The molecule has 1 unspecified atom stereocenters. The van der Waals surface area contributed by atoms with E-state index in [1.54, 1.807) is 6.08 Å². The van der Waals surface area contributed by atoms with Crippen LogP contribution in [0.3, 0.4) is 0 Å². The van der Waals surface area contributed by atoms with Crippen LogP contribution in [0.1, 0.15) is 20.3 Å². The maximum atomic E-state index is 11.3. The van der Waals surface area contributed by atoms with Gasteiger partial charge in [0.1, 0.15) is 6.61 Å². The molecule has 0 spiro atoms. The van der Waals surface area contributed by atoms with Crippen molar-refractivity contribution in [1.82, 2.24) is 0 Å². The van der Waals surface area contributed by atoms with Crippen LogP contribution in [-0.4, -0.2) is 44.2 Å². The molecule has 0 N–H and O–H groups in total. The van der Waals surface area contributed by atoms with Crippen LogP contribution in [0.15, 0.2) is 11.6 Å². The summed E-state index contributed by atoms with van der Waals surface area (Å²) in [4.78, 5) is 11.3. The van der Waals surface area contributed by atoms with Crippen LogP contribution in [0, 0.1) is 5.92 Å². The summed E-state index contributed by atoms with van der Waals surface area (Å²) in [6, 6.07) is 0. The number of hydrogen-bond acceptors (Lipinski definition) is 2. The van der Waals surface area contributed by atoms with Crippen molar-refractivity contribution >= 4 is 5.97 Å². The maximum absolute atomic E-state index is 11.3. The van der Waals surface area contributed by atoms with Crippen molar-refractivity contribution in [3.8, 4) is 0 Å². The molecular formula is C12H22INO2. The summed E-state index contributed by atoms with van der Waals surface area (Å²) in [7, 11) is 4.44. The molecule has 1 fully saturated rings. The first kappa shape index (κ1) is 15.9. The van der Waals surface area contributed by atoms with E-state index in [2.05, 4.69) is 14.1 Å². The first-order chi connectivity index (χ1) is 6.89. The number of halogens is 1. The first-order valence-corrected chi connectivity index (χ1v) is 5.53. The summed E-state index contributed by atoms with van der Waals surface area (Å²) in [6.07, 6.45) is 2.71. The fraction of sp³-hybridized carbons (Fsp3) is 0.750. The van der Waals surface area contributed by atoms with Crippen molar-refractivity contribution in [2.24, 2.45) is 5.92 Å². The van der Waals surface area contributed by atoms with Crippen LogP contribution in [0.4, 0.5) is 0 Å². The van der Waals surface area contributed by atoms with Gasteiger partial charge >= 0.3 is 5.97 Å². The molecule has 1 aliphatic heterocycles. The van der Waals surface area contributed by atoms with Gasteiger partial charge in [0, 0.05) is 18.4 Å². The zero-order chi connectivity index (χ0) is 11.5. The van der Waals surface area contributed by atoms with E-state index in [0.29, 0.717) is 12.5 Å². The fourth-order valence-corrected chi connectivity index (χ4v) is 2.03. The van der Waals surface area contributed by atoms with Crippen LogP contribution in [0.25, 0.3) is 0 Å². The predicted octanol–water partition coefficient (Wildman–Crippen LogP) is -1.40. The smallest absolute Gasteiger partial charge is 0.330 e. The van der Waals surface area contributed by atoms with E-state index in [4.69, 9.17) is 4.74 Å². The molecule has 1 rings (SSSR count). The van der Waals surface area contributed by atoms with Crippen LogP contribution >= 0.6 is 0 Å². The van der Waals surface area contributed by atoms with Gasteiger partial charge in [-0.15, -0.1) is 0 Å². The highest BCUT2D eigenvalue weighted by Crippen LogP contribution is 2.20. The Morgan fingerprint density at radius 3 is 2.50 bits per heavy atom. The number of rotatable bonds is 3. The number of quaternary nitrogens is 1. The van der Waals surface area contributed by atoms with Gasteiger partial charge in [0.2, 0.25) is 0 Å². The van der Waals surface area contributed by atoms with Gasteiger partial charge < -0.3 is 33.2 Å². The molecule has 1 saturated heterocycles. The van der Waals surface area contributed by atoms with Crippen molar-refractivity contribution < 1.29 is 38.0 Å². The van der Waals surface area contributed by atoms with Crippen molar-refractivity contribution in [2.75, 3.05) is 33.8 Å². The molecular weight excluding hydrogens is 317 g/mol. The Labute approximate surface area is 115 Å². The van der Waals surface area contributed by atoms with Gasteiger partial charge in [-0.25, -0.2) is 4.79 Å². The second-order valence-corrected chi connectivity index (χ2v) is 5.35. The van der Waals surface area contributed by atoms with Gasteiger partial charge in [-0.2, -0.15) is 0 Å². The van der Waals surface area contributed by atoms with Crippen molar-refractivity contribution in [1.29, 1.82) is 0 Å². The molecule has 3 nitrogen and oxygen atoms in total. The Kier molecular flexibility index (Phi) is 6.55. The molecule has 1 aliphatic rings. The second kappa shape index (κ2) is 6.59. The third-order valence-electron chi connectivity index (χ3n) is 2.76. The van der Waals surface area contributed by atoms with Crippen molar-refractivity contribution in [2.45, 2.75) is 20.3 Å². The zero-order valence-corrected chi connectivity index (χ0v) is 12.8. The topological polar surface area (TPSA) is 26.3 Å². The summed E-state index contributed by atoms with van der Waals surface area (Å²) in [5, 5.41) is 0. The Balaban J connectivity index is 0.00000225. The standard InChI is InChI=1S/C12H22NO2.HI/c1-10(2)7-12(14)15-9-11-5-6-13(3,4)8-11;/h7,11H,5-6,8-9H2,1-4H3;1H/q+1;/p-1. The number of ether oxygens (including phenoxy) is 1. The molecule has 16 heavy (non-hydrogen) atoms. The number of carbonyl (C=O) groups excluding carboxylic acids is 1. The molecule has 0 radical (unpaired) electrons. The van der Waals surface area contributed by atoms with Gasteiger partial charge in [0.25, 0.3) is 0 Å². The van der Waals surface area contributed by atoms with E-state index in [-0.39, 0.29) is 29.9 Å².